The van der Waals surface area contributed by atoms with E-state index in [0.29, 0.717) is 0 Å². The molecular weight excluding hydrogens is 775 g/mol. The van der Waals surface area contributed by atoms with Gasteiger partial charge in [-0.1, -0.05) is 200 Å². The van der Waals surface area contributed by atoms with Crippen LogP contribution >= 0.6 is 0 Å². The lowest BCUT2D eigenvalue weighted by Crippen LogP contribution is -2.10. The molecule has 0 N–H and O–H groups in total. The lowest BCUT2D eigenvalue weighted by molar-refractivity contribution is 0.670. The normalized spacial score (nSPS) is 11.4. The van der Waals surface area contributed by atoms with Crippen molar-refractivity contribution < 1.29 is 4.42 Å². The smallest absolute Gasteiger partial charge is 0.143 e. The van der Waals surface area contributed by atoms with Gasteiger partial charge in [0.05, 0.1) is 0 Å². The maximum atomic E-state index is 6.44. The van der Waals surface area contributed by atoms with Gasteiger partial charge in [-0.05, 0) is 120 Å². The molecule has 12 rings (SSSR count). The standard InChI is InChI=1S/C62H41NO/c1-3-20-54-44(12-1)14-9-23-56(54)46-32-36-51(37-33-46)63(52-38-34-47(35-39-52)58-25-11-26-60-59-22-5-6-27-61(59)64-62(58)60)53-19-8-17-49(41-53)43-30-28-42(29-31-43)48-16-7-18-50(40-48)57-24-10-15-45-13-2-4-21-55(45)57/h1-41H. The van der Waals surface area contributed by atoms with E-state index < -0.39 is 0 Å². The van der Waals surface area contributed by atoms with Crippen LogP contribution in [0.5, 0.6) is 0 Å². The van der Waals surface area contributed by atoms with Crippen LogP contribution in [0.1, 0.15) is 0 Å². The molecule has 0 unspecified atom stereocenters. The van der Waals surface area contributed by atoms with E-state index in [9.17, 15) is 0 Å². The third-order valence-corrected chi connectivity index (χ3v) is 12.7. The predicted octanol–water partition coefficient (Wildman–Crippen LogP) is 17.7. The molecular formula is C62H41NO. The molecule has 0 radical (unpaired) electrons. The second-order valence-electron chi connectivity index (χ2n) is 16.5. The Labute approximate surface area is 372 Å². The lowest BCUT2D eigenvalue weighted by Gasteiger charge is -2.26. The van der Waals surface area contributed by atoms with Gasteiger partial charge in [-0.15, -0.1) is 0 Å². The van der Waals surface area contributed by atoms with Crippen molar-refractivity contribution in [3.8, 4) is 55.6 Å². The molecule has 64 heavy (non-hydrogen) atoms. The Bertz CT molecular complexity index is 3640. The Morgan fingerprint density at radius 2 is 0.688 bits per heavy atom. The summed E-state index contributed by atoms with van der Waals surface area (Å²) in [7, 11) is 0. The number of anilines is 3. The summed E-state index contributed by atoms with van der Waals surface area (Å²) in [4.78, 5) is 2.36. The SMILES string of the molecule is c1cc(-c2ccc(-c3cccc(N(c4ccc(-c5cccc6ccccc56)cc4)c4ccc(-c5cccc6c5oc5ccccc56)cc4)c3)cc2)cc(-c2cccc3ccccc23)c1. The van der Waals surface area contributed by atoms with Gasteiger partial charge in [0.25, 0.3) is 0 Å². The maximum absolute atomic E-state index is 6.44. The predicted molar refractivity (Wildman–Crippen MR) is 271 cm³/mol. The van der Waals surface area contributed by atoms with E-state index in [-0.39, 0.29) is 0 Å². The van der Waals surface area contributed by atoms with E-state index in [2.05, 4.69) is 241 Å². The van der Waals surface area contributed by atoms with E-state index in [4.69, 9.17) is 4.42 Å². The van der Waals surface area contributed by atoms with Crippen molar-refractivity contribution >= 4 is 60.5 Å². The van der Waals surface area contributed by atoms with Crippen LogP contribution in [0, 0.1) is 0 Å². The fourth-order valence-electron chi connectivity index (χ4n) is 9.50. The summed E-state index contributed by atoms with van der Waals surface area (Å²) in [5.41, 5.74) is 16.8. The minimum absolute atomic E-state index is 0.903. The van der Waals surface area contributed by atoms with Gasteiger partial charge in [-0.3, -0.25) is 0 Å². The molecule has 0 spiro atoms. The topological polar surface area (TPSA) is 16.4 Å². The van der Waals surface area contributed by atoms with Crippen molar-refractivity contribution in [2.45, 2.75) is 0 Å². The van der Waals surface area contributed by atoms with Crippen molar-refractivity contribution in [3.05, 3.63) is 249 Å². The van der Waals surface area contributed by atoms with Crippen LogP contribution in [0.2, 0.25) is 0 Å². The number of fused-ring (bicyclic) bond motifs is 5. The largest absolute Gasteiger partial charge is 0.455 e. The van der Waals surface area contributed by atoms with Gasteiger partial charge in [-0.2, -0.15) is 0 Å². The summed E-state index contributed by atoms with van der Waals surface area (Å²) in [6, 6.07) is 89.6. The molecule has 0 atom stereocenters. The number of rotatable bonds is 8. The molecule has 0 saturated carbocycles. The number of para-hydroxylation sites is 2. The van der Waals surface area contributed by atoms with Gasteiger partial charge >= 0.3 is 0 Å². The second kappa shape index (κ2) is 15.8. The van der Waals surface area contributed by atoms with Gasteiger partial charge in [0.1, 0.15) is 11.2 Å². The summed E-state index contributed by atoms with van der Waals surface area (Å²) < 4.78 is 6.44. The first-order valence-corrected chi connectivity index (χ1v) is 21.9. The van der Waals surface area contributed by atoms with Crippen LogP contribution in [0.15, 0.2) is 253 Å². The van der Waals surface area contributed by atoms with Crippen LogP contribution in [-0.2, 0) is 0 Å². The van der Waals surface area contributed by atoms with Crippen molar-refractivity contribution in [2.75, 3.05) is 4.90 Å². The van der Waals surface area contributed by atoms with Gasteiger partial charge in [0.15, 0.2) is 0 Å². The zero-order chi connectivity index (χ0) is 42.4. The first-order valence-electron chi connectivity index (χ1n) is 21.9. The Balaban J connectivity index is 0.905. The van der Waals surface area contributed by atoms with E-state index in [1.807, 2.05) is 12.1 Å². The highest BCUT2D eigenvalue weighted by Crippen LogP contribution is 2.41. The molecule has 1 aromatic heterocycles. The molecule has 1 heterocycles. The third-order valence-electron chi connectivity index (χ3n) is 12.7. The van der Waals surface area contributed by atoms with Crippen LogP contribution in [0.4, 0.5) is 17.1 Å². The Morgan fingerprint density at radius 3 is 1.34 bits per heavy atom. The average molecular weight is 816 g/mol. The molecule has 0 aliphatic rings. The molecule has 0 aliphatic heterocycles. The van der Waals surface area contributed by atoms with E-state index >= 15 is 0 Å². The lowest BCUT2D eigenvalue weighted by atomic mass is 9.94. The molecule has 0 saturated heterocycles. The second-order valence-corrected chi connectivity index (χ2v) is 16.5. The minimum Gasteiger partial charge on any atom is -0.455 e. The highest BCUT2D eigenvalue weighted by molar-refractivity contribution is 6.09. The Hall–Kier alpha value is -8.46. The molecule has 0 bridgehead atoms. The first-order chi connectivity index (χ1) is 31.7. The summed E-state index contributed by atoms with van der Waals surface area (Å²) in [5.74, 6) is 0. The van der Waals surface area contributed by atoms with Gasteiger partial charge < -0.3 is 9.32 Å². The molecule has 0 aliphatic carbocycles. The number of hydrogen-bond donors (Lipinski definition) is 0. The Morgan fingerprint density at radius 1 is 0.250 bits per heavy atom. The Kier molecular flexibility index (Phi) is 9.20. The van der Waals surface area contributed by atoms with Crippen LogP contribution in [0.3, 0.4) is 0 Å². The molecule has 12 aromatic rings. The van der Waals surface area contributed by atoms with Crippen LogP contribution in [0.25, 0.3) is 99.1 Å². The highest BCUT2D eigenvalue weighted by atomic mass is 16.3. The molecule has 0 amide bonds. The fraction of sp³-hybridized carbons (Fsp3) is 0. The minimum atomic E-state index is 0.903. The average Bonchev–Trinajstić information content (AvgIpc) is 3.76. The molecule has 2 nitrogen and oxygen atoms in total. The number of benzene rings is 11. The zero-order valence-electron chi connectivity index (χ0n) is 35.0. The summed E-state index contributed by atoms with van der Waals surface area (Å²) in [6.07, 6.45) is 0. The third kappa shape index (κ3) is 6.70. The first kappa shape index (κ1) is 37.3. The van der Waals surface area contributed by atoms with Crippen molar-refractivity contribution in [1.82, 2.24) is 0 Å². The zero-order valence-corrected chi connectivity index (χ0v) is 35.0. The summed E-state index contributed by atoms with van der Waals surface area (Å²) in [6.45, 7) is 0. The number of nitrogens with zero attached hydrogens (tertiary/aromatic N) is 1. The van der Waals surface area contributed by atoms with Gasteiger partial charge in [0.2, 0.25) is 0 Å². The van der Waals surface area contributed by atoms with Gasteiger partial charge in [-0.25, -0.2) is 0 Å². The maximum Gasteiger partial charge on any atom is 0.143 e. The van der Waals surface area contributed by atoms with E-state index in [1.54, 1.807) is 0 Å². The van der Waals surface area contributed by atoms with Crippen LogP contribution < -0.4 is 4.90 Å². The highest BCUT2D eigenvalue weighted by Gasteiger charge is 2.17. The van der Waals surface area contributed by atoms with E-state index in [0.717, 1.165) is 61.3 Å². The van der Waals surface area contributed by atoms with Crippen molar-refractivity contribution in [2.24, 2.45) is 0 Å². The molecule has 0 fully saturated rings. The van der Waals surface area contributed by atoms with Crippen LogP contribution in [-0.4, -0.2) is 0 Å². The fourth-order valence-corrected chi connectivity index (χ4v) is 9.50. The summed E-state index contributed by atoms with van der Waals surface area (Å²) in [5, 5.41) is 7.27. The molecule has 11 aromatic carbocycles. The molecule has 2 heteroatoms. The van der Waals surface area contributed by atoms with E-state index in [1.165, 1.54) is 54.9 Å². The van der Waals surface area contributed by atoms with Gasteiger partial charge in [0, 0.05) is 33.4 Å². The summed E-state index contributed by atoms with van der Waals surface area (Å²) >= 11 is 0. The van der Waals surface area contributed by atoms with Crippen molar-refractivity contribution in [1.29, 1.82) is 0 Å². The quantitative estimate of drug-likeness (QED) is 0.152. The molecule has 300 valence electrons. The van der Waals surface area contributed by atoms with Crippen molar-refractivity contribution in [3.63, 3.8) is 0 Å². The number of furan rings is 1. The monoisotopic (exact) mass is 815 g/mol. The number of hydrogen-bond acceptors (Lipinski definition) is 2.